The van der Waals surface area contributed by atoms with E-state index in [-0.39, 0.29) is 0 Å². The number of benzene rings is 1. The van der Waals surface area contributed by atoms with Crippen molar-refractivity contribution >= 4 is 23.8 Å². The summed E-state index contributed by atoms with van der Waals surface area (Å²) in [6, 6.07) is 8.32. The van der Waals surface area contributed by atoms with Crippen LogP contribution in [0.2, 0.25) is 0 Å². The summed E-state index contributed by atoms with van der Waals surface area (Å²) in [5.41, 5.74) is 0.411. The fourth-order valence-electron chi connectivity index (χ4n) is 0.925. The molecule has 0 fully saturated rings. The first-order valence-electron chi connectivity index (χ1n) is 3.65. The lowest BCUT2D eigenvalue weighted by Gasteiger charge is -2.12. The molecule has 0 aliphatic heterocycles. The summed E-state index contributed by atoms with van der Waals surface area (Å²) >= 11 is 5.81. The van der Waals surface area contributed by atoms with Gasteiger partial charge in [-0.1, -0.05) is 41.9 Å². The Labute approximate surface area is 84.9 Å². The molecule has 5 heteroatoms. The molecule has 0 unspecified atom stereocenters. The quantitative estimate of drug-likeness (QED) is 0.329. The maximum Gasteiger partial charge on any atom is 0.274 e. The molecule has 1 rings (SSSR count). The predicted molar refractivity (Wildman–Crippen MR) is 50.2 cm³/mol. The molecule has 0 N–H and O–H groups in total. The highest BCUT2D eigenvalue weighted by Crippen LogP contribution is 2.30. The number of carbonyl (C=O) groups excluding carboxylic acids is 2. The summed E-state index contributed by atoms with van der Waals surface area (Å²) in [5.74, 6) is 0. The van der Waals surface area contributed by atoms with E-state index < -0.39 is 5.12 Å². The second-order valence-corrected chi connectivity index (χ2v) is 2.89. The number of alkyl halides is 1. The molecule has 1 aromatic rings. The van der Waals surface area contributed by atoms with E-state index in [1.807, 2.05) is 0 Å². The molecule has 4 nitrogen and oxygen atoms in total. The van der Waals surface area contributed by atoms with Gasteiger partial charge in [0.05, 0.1) is 0 Å². The molecule has 0 atom stereocenters. The monoisotopic (exact) mass is 208 g/mol. The largest absolute Gasteiger partial charge is 0.274 e. The molecule has 0 radical (unpaired) electrons. The fraction of sp³-hybridized carbons (Fsp3) is 0.111. The van der Waals surface area contributed by atoms with Gasteiger partial charge in [-0.3, -0.25) is 0 Å². The first-order valence-corrected chi connectivity index (χ1v) is 4.03. The SMILES string of the molecule is O=C=NC(Cl)(N=C=O)c1ccccc1. The van der Waals surface area contributed by atoms with Crippen molar-refractivity contribution in [1.29, 1.82) is 0 Å². The highest BCUT2D eigenvalue weighted by atomic mass is 35.5. The maximum atomic E-state index is 10.1. The van der Waals surface area contributed by atoms with Crippen molar-refractivity contribution in [2.45, 2.75) is 5.12 Å². The standard InChI is InChI=1S/C9H5ClN2O2/c10-9(11-6-13,12-7-14)8-4-2-1-3-5-8/h1-5H. The summed E-state index contributed by atoms with van der Waals surface area (Å²) in [7, 11) is 0. The van der Waals surface area contributed by atoms with E-state index in [2.05, 4.69) is 9.98 Å². The van der Waals surface area contributed by atoms with E-state index in [0.717, 1.165) is 0 Å². The van der Waals surface area contributed by atoms with Gasteiger partial charge in [0.1, 0.15) is 0 Å². The number of isocyanates is 2. The van der Waals surface area contributed by atoms with Gasteiger partial charge in [-0.05, 0) is 0 Å². The third-order valence-corrected chi connectivity index (χ3v) is 1.92. The van der Waals surface area contributed by atoms with Crippen LogP contribution in [0.3, 0.4) is 0 Å². The van der Waals surface area contributed by atoms with E-state index in [1.54, 1.807) is 30.3 Å². The minimum atomic E-state index is -1.73. The highest BCUT2D eigenvalue weighted by Gasteiger charge is 2.28. The Morgan fingerprint density at radius 2 is 1.57 bits per heavy atom. The van der Waals surface area contributed by atoms with Crippen molar-refractivity contribution in [1.82, 2.24) is 0 Å². The van der Waals surface area contributed by atoms with Crippen LogP contribution in [-0.4, -0.2) is 12.2 Å². The molecule has 0 saturated heterocycles. The molecule has 70 valence electrons. The van der Waals surface area contributed by atoms with Crippen molar-refractivity contribution in [2.24, 2.45) is 9.98 Å². The number of aliphatic imine (C=N–C) groups is 2. The van der Waals surface area contributed by atoms with Gasteiger partial charge >= 0.3 is 0 Å². The molecule has 0 aromatic heterocycles. The van der Waals surface area contributed by atoms with Gasteiger partial charge in [-0.25, -0.2) is 9.59 Å². The van der Waals surface area contributed by atoms with Crippen LogP contribution in [0.25, 0.3) is 0 Å². The Kier molecular flexibility index (Phi) is 3.32. The van der Waals surface area contributed by atoms with E-state index in [4.69, 9.17) is 11.6 Å². The Morgan fingerprint density at radius 1 is 1.07 bits per heavy atom. The molecule has 1 aromatic carbocycles. The average molecular weight is 209 g/mol. The van der Waals surface area contributed by atoms with E-state index in [9.17, 15) is 9.59 Å². The lowest BCUT2D eigenvalue weighted by molar-refractivity contribution is 0.543. The Bertz CT molecular complexity index is 388. The number of halogens is 1. The summed E-state index contributed by atoms with van der Waals surface area (Å²) in [5, 5.41) is -1.73. The average Bonchev–Trinajstić information content (AvgIpc) is 2.20. The van der Waals surface area contributed by atoms with Crippen molar-refractivity contribution in [3.8, 4) is 0 Å². The molecule has 0 amide bonds. The first-order chi connectivity index (χ1) is 6.73. The zero-order valence-corrected chi connectivity index (χ0v) is 7.73. The number of rotatable bonds is 3. The zero-order chi connectivity index (χ0) is 10.4. The minimum absolute atomic E-state index is 0.411. The Balaban J connectivity index is 3.25. The molecular formula is C9H5ClN2O2. The number of hydrogen-bond donors (Lipinski definition) is 0. The molecule has 0 bridgehead atoms. The van der Waals surface area contributed by atoms with Gasteiger partial charge in [0.2, 0.25) is 12.2 Å². The fourth-order valence-corrected chi connectivity index (χ4v) is 1.12. The van der Waals surface area contributed by atoms with E-state index >= 15 is 0 Å². The summed E-state index contributed by atoms with van der Waals surface area (Å²) in [6.07, 6.45) is 2.52. The second-order valence-electron chi connectivity index (χ2n) is 2.36. The smallest absolute Gasteiger partial charge is 0.211 e. The lowest BCUT2D eigenvalue weighted by Crippen LogP contribution is -2.11. The summed E-state index contributed by atoms with van der Waals surface area (Å²) in [4.78, 5) is 26.7. The van der Waals surface area contributed by atoms with Crippen LogP contribution in [0, 0.1) is 0 Å². The van der Waals surface area contributed by atoms with Crippen LogP contribution in [0.5, 0.6) is 0 Å². The summed E-state index contributed by atoms with van der Waals surface area (Å²) in [6.45, 7) is 0. The van der Waals surface area contributed by atoms with Crippen LogP contribution in [0.4, 0.5) is 0 Å². The van der Waals surface area contributed by atoms with Gasteiger partial charge < -0.3 is 0 Å². The van der Waals surface area contributed by atoms with Gasteiger partial charge in [0.25, 0.3) is 5.12 Å². The van der Waals surface area contributed by atoms with Crippen LogP contribution in [0.1, 0.15) is 5.56 Å². The van der Waals surface area contributed by atoms with E-state index in [0.29, 0.717) is 5.56 Å². The molecule has 0 heterocycles. The molecule has 0 aliphatic rings. The Morgan fingerprint density at radius 3 is 2.00 bits per heavy atom. The van der Waals surface area contributed by atoms with Crippen molar-refractivity contribution in [3.05, 3.63) is 35.9 Å². The molecule has 14 heavy (non-hydrogen) atoms. The topological polar surface area (TPSA) is 58.9 Å². The number of hydrogen-bond acceptors (Lipinski definition) is 4. The zero-order valence-electron chi connectivity index (χ0n) is 6.98. The third kappa shape index (κ3) is 2.15. The first kappa shape index (κ1) is 10.4. The molecular weight excluding hydrogens is 204 g/mol. The number of nitrogens with zero attached hydrogens (tertiary/aromatic N) is 2. The Hall–Kier alpha value is -1.73. The van der Waals surface area contributed by atoms with Crippen molar-refractivity contribution in [3.63, 3.8) is 0 Å². The van der Waals surface area contributed by atoms with E-state index in [1.165, 1.54) is 12.2 Å². The van der Waals surface area contributed by atoms with Gasteiger partial charge in [-0.2, -0.15) is 9.98 Å². The van der Waals surface area contributed by atoms with Crippen molar-refractivity contribution in [2.75, 3.05) is 0 Å². The predicted octanol–water partition coefficient (Wildman–Crippen LogP) is 1.71. The van der Waals surface area contributed by atoms with Crippen molar-refractivity contribution < 1.29 is 9.59 Å². The maximum absolute atomic E-state index is 10.1. The van der Waals surface area contributed by atoms with Crippen LogP contribution in [0.15, 0.2) is 40.3 Å². The third-order valence-electron chi connectivity index (χ3n) is 1.53. The van der Waals surface area contributed by atoms with Crippen LogP contribution in [-0.2, 0) is 14.7 Å². The van der Waals surface area contributed by atoms with Gasteiger partial charge in [-0.15, -0.1) is 0 Å². The lowest BCUT2D eigenvalue weighted by atomic mass is 10.2. The minimum Gasteiger partial charge on any atom is -0.211 e. The summed E-state index contributed by atoms with van der Waals surface area (Å²) < 4.78 is 0. The van der Waals surface area contributed by atoms with Gasteiger partial charge in [0.15, 0.2) is 0 Å². The molecule has 0 saturated carbocycles. The molecule has 0 spiro atoms. The van der Waals surface area contributed by atoms with Crippen LogP contribution >= 0.6 is 11.6 Å². The molecule has 0 aliphatic carbocycles. The normalized spacial score (nSPS) is 13.2. The van der Waals surface area contributed by atoms with Crippen LogP contribution < -0.4 is 0 Å². The van der Waals surface area contributed by atoms with Gasteiger partial charge in [0, 0.05) is 5.56 Å². The highest BCUT2D eigenvalue weighted by molar-refractivity contribution is 6.24. The second kappa shape index (κ2) is 4.49.